The van der Waals surface area contributed by atoms with Gasteiger partial charge in [0.15, 0.2) is 0 Å². The Balaban J connectivity index is 1.70. The molecule has 0 radical (unpaired) electrons. The van der Waals surface area contributed by atoms with Crippen LogP contribution in [0.15, 0.2) is 0 Å². The zero-order valence-corrected chi connectivity index (χ0v) is 13.1. The predicted molar refractivity (Wildman–Crippen MR) is 79.7 cm³/mol. The van der Waals surface area contributed by atoms with Gasteiger partial charge in [-0.25, -0.2) is 0 Å². The van der Waals surface area contributed by atoms with E-state index < -0.39 is 0 Å². The summed E-state index contributed by atoms with van der Waals surface area (Å²) in [5.74, 6) is 0.896. The molecule has 2 unspecified atom stereocenters. The molecule has 20 heavy (non-hydrogen) atoms. The SMILES string of the molecule is CNC(=O)CN1CCC(CN2CC(C)OC(C)C2)CC1. The average Bonchev–Trinajstić information content (AvgIpc) is 2.39. The number of carbonyl (C=O) groups is 1. The van der Waals surface area contributed by atoms with Crippen LogP contribution in [0.3, 0.4) is 0 Å². The van der Waals surface area contributed by atoms with Gasteiger partial charge in [-0.05, 0) is 45.7 Å². The largest absolute Gasteiger partial charge is 0.373 e. The highest BCUT2D eigenvalue weighted by atomic mass is 16.5. The summed E-state index contributed by atoms with van der Waals surface area (Å²) in [5, 5.41) is 2.70. The maximum absolute atomic E-state index is 11.4. The molecule has 1 N–H and O–H groups in total. The second-order valence-corrected chi connectivity index (χ2v) is 6.37. The molecule has 0 saturated carbocycles. The first-order chi connectivity index (χ1) is 9.56. The lowest BCUT2D eigenvalue weighted by Crippen LogP contribution is -2.48. The van der Waals surface area contributed by atoms with E-state index in [2.05, 4.69) is 29.0 Å². The van der Waals surface area contributed by atoms with Crippen molar-refractivity contribution in [3.8, 4) is 0 Å². The van der Waals surface area contributed by atoms with Crippen LogP contribution in [0.2, 0.25) is 0 Å². The number of likely N-dealkylation sites (N-methyl/N-ethyl adjacent to an activating group) is 1. The minimum atomic E-state index is 0.124. The first-order valence-corrected chi connectivity index (χ1v) is 7.87. The van der Waals surface area contributed by atoms with Crippen LogP contribution in [0.5, 0.6) is 0 Å². The molecular weight excluding hydrogens is 254 g/mol. The highest BCUT2D eigenvalue weighted by Crippen LogP contribution is 2.20. The zero-order valence-electron chi connectivity index (χ0n) is 13.1. The smallest absolute Gasteiger partial charge is 0.233 e. The number of ether oxygens (including phenoxy) is 1. The molecule has 0 aromatic heterocycles. The van der Waals surface area contributed by atoms with E-state index in [1.807, 2.05) is 0 Å². The van der Waals surface area contributed by atoms with Gasteiger partial charge in [0.25, 0.3) is 0 Å². The van der Waals surface area contributed by atoms with Gasteiger partial charge in [0.2, 0.25) is 5.91 Å². The molecular formula is C15H29N3O2. The van der Waals surface area contributed by atoms with E-state index in [0.29, 0.717) is 18.8 Å². The van der Waals surface area contributed by atoms with E-state index in [1.165, 1.54) is 19.4 Å². The summed E-state index contributed by atoms with van der Waals surface area (Å²) < 4.78 is 5.78. The standard InChI is InChI=1S/C15H29N3O2/c1-12-8-18(9-13(2)20-12)10-14-4-6-17(7-5-14)11-15(19)16-3/h12-14H,4-11H2,1-3H3,(H,16,19). The van der Waals surface area contributed by atoms with Crippen LogP contribution in [-0.2, 0) is 9.53 Å². The molecule has 2 heterocycles. The number of piperidine rings is 1. The van der Waals surface area contributed by atoms with Crippen molar-refractivity contribution >= 4 is 5.91 Å². The van der Waals surface area contributed by atoms with Crippen molar-refractivity contribution in [2.24, 2.45) is 5.92 Å². The Labute approximate surface area is 122 Å². The van der Waals surface area contributed by atoms with E-state index in [0.717, 1.165) is 32.1 Å². The van der Waals surface area contributed by atoms with Gasteiger partial charge in [-0.1, -0.05) is 0 Å². The van der Waals surface area contributed by atoms with E-state index in [9.17, 15) is 4.79 Å². The molecule has 2 aliphatic heterocycles. The van der Waals surface area contributed by atoms with Crippen molar-refractivity contribution in [1.82, 2.24) is 15.1 Å². The van der Waals surface area contributed by atoms with Crippen LogP contribution < -0.4 is 5.32 Å². The molecule has 0 aliphatic carbocycles. The number of morpholine rings is 1. The Kier molecular flexibility index (Phi) is 5.81. The molecule has 0 aromatic carbocycles. The summed E-state index contributed by atoms with van der Waals surface area (Å²) >= 11 is 0. The molecule has 116 valence electrons. The number of hydrogen-bond donors (Lipinski definition) is 1. The molecule has 5 heteroatoms. The lowest BCUT2D eigenvalue weighted by Gasteiger charge is -2.39. The number of nitrogens with one attached hydrogen (secondary N) is 1. The molecule has 2 atom stereocenters. The monoisotopic (exact) mass is 283 g/mol. The zero-order chi connectivity index (χ0) is 14.5. The fraction of sp³-hybridized carbons (Fsp3) is 0.933. The third kappa shape index (κ3) is 4.72. The molecule has 5 nitrogen and oxygen atoms in total. The van der Waals surface area contributed by atoms with Crippen molar-refractivity contribution in [2.75, 3.05) is 46.3 Å². The Hall–Kier alpha value is -0.650. The van der Waals surface area contributed by atoms with Gasteiger partial charge in [0, 0.05) is 26.7 Å². The number of nitrogens with zero attached hydrogens (tertiary/aromatic N) is 2. The van der Waals surface area contributed by atoms with Crippen LogP contribution in [0.25, 0.3) is 0 Å². The fourth-order valence-corrected chi connectivity index (χ4v) is 3.41. The number of likely N-dealkylation sites (tertiary alicyclic amines) is 1. The summed E-state index contributed by atoms with van der Waals surface area (Å²) in [4.78, 5) is 16.2. The second-order valence-electron chi connectivity index (χ2n) is 6.37. The van der Waals surface area contributed by atoms with Gasteiger partial charge >= 0.3 is 0 Å². The van der Waals surface area contributed by atoms with Crippen LogP contribution in [-0.4, -0.2) is 74.2 Å². The molecule has 0 bridgehead atoms. The fourth-order valence-electron chi connectivity index (χ4n) is 3.41. The summed E-state index contributed by atoms with van der Waals surface area (Å²) in [5.41, 5.74) is 0. The predicted octanol–water partition coefficient (Wildman–Crippen LogP) is 0.554. The minimum Gasteiger partial charge on any atom is -0.373 e. The number of rotatable bonds is 4. The van der Waals surface area contributed by atoms with E-state index in [4.69, 9.17) is 4.74 Å². The quantitative estimate of drug-likeness (QED) is 0.818. The highest BCUT2D eigenvalue weighted by Gasteiger charge is 2.26. The maximum Gasteiger partial charge on any atom is 0.233 e. The molecule has 2 aliphatic rings. The van der Waals surface area contributed by atoms with E-state index in [1.54, 1.807) is 7.05 Å². The lowest BCUT2D eigenvalue weighted by atomic mass is 9.95. The first kappa shape index (κ1) is 15.7. The van der Waals surface area contributed by atoms with Crippen LogP contribution in [0.1, 0.15) is 26.7 Å². The van der Waals surface area contributed by atoms with Crippen LogP contribution in [0.4, 0.5) is 0 Å². The van der Waals surface area contributed by atoms with Crippen molar-refractivity contribution in [3.63, 3.8) is 0 Å². The van der Waals surface area contributed by atoms with Gasteiger partial charge in [-0.2, -0.15) is 0 Å². The van der Waals surface area contributed by atoms with Crippen molar-refractivity contribution in [2.45, 2.75) is 38.9 Å². The Bertz CT molecular complexity index is 306. The summed E-state index contributed by atoms with van der Waals surface area (Å²) in [6, 6.07) is 0. The third-order valence-electron chi connectivity index (χ3n) is 4.36. The minimum absolute atomic E-state index is 0.124. The van der Waals surface area contributed by atoms with Gasteiger partial charge in [-0.15, -0.1) is 0 Å². The summed E-state index contributed by atoms with van der Waals surface area (Å²) in [6.45, 7) is 10.3. The van der Waals surface area contributed by atoms with E-state index in [-0.39, 0.29) is 5.91 Å². The molecule has 1 amide bonds. The Morgan fingerprint density at radius 3 is 2.30 bits per heavy atom. The molecule has 2 rings (SSSR count). The summed E-state index contributed by atoms with van der Waals surface area (Å²) in [6.07, 6.45) is 3.12. The van der Waals surface area contributed by atoms with Crippen molar-refractivity contribution < 1.29 is 9.53 Å². The van der Waals surface area contributed by atoms with Gasteiger partial charge in [0.1, 0.15) is 0 Å². The average molecular weight is 283 g/mol. The molecule has 2 fully saturated rings. The maximum atomic E-state index is 11.4. The molecule has 2 saturated heterocycles. The number of hydrogen-bond acceptors (Lipinski definition) is 4. The van der Waals surface area contributed by atoms with Crippen LogP contribution in [0, 0.1) is 5.92 Å². The van der Waals surface area contributed by atoms with Gasteiger partial charge < -0.3 is 10.1 Å². The number of amides is 1. The normalized spacial score (nSPS) is 30.4. The Morgan fingerprint density at radius 1 is 1.15 bits per heavy atom. The van der Waals surface area contributed by atoms with Gasteiger partial charge in [-0.3, -0.25) is 14.6 Å². The Morgan fingerprint density at radius 2 is 1.75 bits per heavy atom. The molecule has 0 aromatic rings. The topological polar surface area (TPSA) is 44.8 Å². The first-order valence-electron chi connectivity index (χ1n) is 7.87. The highest BCUT2D eigenvalue weighted by molar-refractivity contribution is 5.77. The van der Waals surface area contributed by atoms with Crippen molar-refractivity contribution in [1.29, 1.82) is 0 Å². The second kappa shape index (κ2) is 7.38. The van der Waals surface area contributed by atoms with Crippen LogP contribution >= 0.6 is 0 Å². The molecule has 0 spiro atoms. The summed E-state index contributed by atoms with van der Waals surface area (Å²) in [7, 11) is 1.70. The van der Waals surface area contributed by atoms with Crippen molar-refractivity contribution in [3.05, 3.63) is 0 Å². The van der Waals surface area contributed by atoms with Gasteiger partial charge in [0.05, 0.1) is 18.8 Å². The third-order valence-corrected chi connectivity index (χ3v) is 4.36. The number of carbonyl (C=O) groups excluding carboxylic acids is 1. The lowest BCUT2D eigenvalue weighted by molar-refractivity contribution is -0.122. The van der Waals surface area contributed by atoms with E-state index >= 15 is 0 Å².